The maximum Gasteiger partial charge on any atom is 0.343 e. The predicted octanol–water partition coefficient (Wildman–Crippen LogP) is 3.73. The van der Waals surface area contributed by atoms with E-state index in [2.05, 4.69) is 15.1 Å². The van der Waals surface area contributed by atoms with E-state index >= 15 is 0 Å². The highest BCUT2D eigenvalue weighted by atomic mass is 16.5. The van der Waals surface area contributed by atoms with Gasteiger partial charge in [-0.15, -0.1) is 0 Å². The van der Waals surface area contributed by atoms with Crippen molar-refractivity contribution >= 4 is 5.97 Å². The molecule has 28 heavy (non-hydrogen) atoms. The molecule has 0 unspecified atom stereocenters. The second-order valence-corrected chi connectivity index (χ2v) is 5.92. The third-order valence-corrected chi connectivity index (χ3v) is 3.90. The molecule has 4 rings (SSSR count). The highest BCUT2D eigenvalue weighted by Crippen LogP contribution is 2.22. The summed E-state index contributed by atoms with van der Waals surface area (Å²) in [7, 11) is 0. The van der Waals surface area contributed by atoms with E-state index in [4.69, 9.17) is 9.47 Å². The molecular formula is C21H16N4O3. The van der Waals surface area contributed by atoms with Crippen LogP contribution in [0.3, 0.4) is 0 Å². The summed E-state index contributed by atoms with van der Waals surface area (Å²) in [6.07, 6.45) is 4.78. The van der Waals surface area contributed by atoms with Gasteiger partial charge < -0.3 is 9.47 Å². The smallest absolute Gasteiger partial charge is 0.343 e. The summed E-state index contributed by atoms with van der Waals surface area (Å²) < 4.78 is 12.7. The zero-order valence-corrected chi connectivity index (χ0v) is 14.8. The second-order valence-electron chi connectivity index (χ2n) is 5.92. The lowest BCUT2D eigenvalue weighted by molar-refractivity contribution is 0.0734. The molecule has 7 nitrogen and oxygen atoms in total. The molecule has 0 aliphatic heterocycles. The topological polar surface area (TPSA) is 79.1 Å². The van der Waals surface area contributed by atoms with E-state index in [0.717, 1.165) is 5.56 Å². The van der Waals surface area contributed by atoms with Crippen molar-refractivity contribution in [3.05, 3.63) is 96.7 Å². The third kappa shape index (κ3) is 4.39. The minimum Gasteiger partial charge on any atom is -0.439 e. The van der Waals surface area contributed by atoms with Gasteiger partial charge in [-0.2, -0.15) is 5.10 Å². The number of rotatable bonds is 6. The molecule has 0 fully saturated rings. The van der Waals surface area contributed by atoms with Crippen molar-refractivity contribution < 1.29 is 14.3 Å². The van der Waals surface area contributed by atoms with Gasteiger partial charge in [-0.25, -0.2) is 19.4 Å². The summed E-state index contributed by atoms with van der Waals surface area (Å²) in [5, 5.41) is 4.06. The van der Waals surface area contributed by atoms with Crippen molar-refractivity contribution in [2.45, 2.75) is 6.54 Å². The first-order valence-electron chi connectivity index (χ1n) is 8.59. The minimum absolute atomic E-state index is 0.425. The predicted molar refractivity (Wildman–Crippen MR) is 101 cm³/mol. The third-order valence-electron chi connectivity index (χ3n) is 3.90. The molecule has 4 aromatic rings. The number of pyridine rings is 1. The summed E-state index contributed by atoms with van der Waals surface area (Å²) in [4.78, 5) is 20.3. The van der Waals surface area contributed by atoms with Gasteiger partial charge in [0, 0.05) is 12.3 Å². The molecule has 2 heterocycles. The Hall–Kier alpha value is -4.00. The lowest BCUT2D eigenvalue weighted by Gasteiger charge is -2.07. The van der Waals surface area contributed by atoms with Crippen molar-refractivity contribution in [3.8, 4) is 17.4 Å². The maximum absolute atomic E-state index is 12.3. The van der Waals surface area contributed by atoms with Crippen molar-refractivity contribution in [1.29, 1.82) is 0 Å². The molecular weight excluding hydrogens is 356 g/mol. The molecule has 2 aromatic carbocycles. The van der Waals surface area contributed by atoms with Crippen LogP contribution >= 0.6 is 0 Å². The fourth-order valence-corrected chi connectivity index (χ4v) is 2.52. The monoisotopic (exact) mass is 372 g/mol. The van der Waals surface area contributed by atoms with Crippen molar-refractivity contribution in [2.75, 3.05) is 0 Å². The summed E-state index contributed by atoms with van der Waals surface area (Å²) in [5.41, 5.74) is 1.48. The van der Waals surface area contributed by atoms with Crippen LogP contribution in [0.15, 0.2) is 85.6 Å². The highest BCUT2D eigenvalue weighted by molar-refractivity contribution is 5.91. The number of benzene rings is 2. The lowest BCUT2D eigenvalue weighted by atomic mass is 10.1. The Morgan fingerprint density at radius 3 is 2.39 bits per heavy atom. The Morgan fingerprint density at radius 1 is 0.929 bits per heavy atom. The average molecular weight is 372 g/mol. The van der Waals surface area contributed by atoms with Crippen LogP contribution in [0.4, 0.5) is 0 Å². The SMILES string of the molecule is O=C(Oc1ccc(Oc2ccccn2)cc1)c1ccc(Cn2cncn2)cc1. The normalized spacial score (nSPS) is 10.4. The Bertz CT molecular complexity index is 1030. The van der Waals surface area contributed by atoms with Gasteiger partial charge >= 0.3 is 5.97 Å². The number of esters is 1. The zero-order chi connectivity index (χ0) is 19.2. The van der Waals surface area contributed by atoms with Crippen LogP contribution in [0.5, 0.6) is 17.4 Å². The van der Waals surface area contributed by atoms with E-state index in [1.165, 1.54) is 6.33 Å². The molecule has 0 saturated heterocycles. The quantitative estimate of drug-likeness (QED) is 0.379. The van der Waals surface area contributed by atoms with E-state index < -0.39 is 5.97 Å². The van der Waals surface area contributed by atoms with Crippen molar-refractivity contribution in [2.24, 2.45) is 0 Å². The number of ether oxygens (including phenoxy) is 2. The van der Waals surface area contributed by atoms with Gasteiger partial charge in [0.1, 0.15) is 24.2 Å². The molecule has 0 aliphatic rings. The van der Waals surface area contributed by atoms with Gasteiger partial charge in [-0.3, -0.25) is 0 Å². The van der Waals surface area contributed by atoms with Gasteiger partial charge in [0.15, 0.2) is 0 Å². The number of carbonyl (C=O) groups excluding carboxylic acids is 1. The maximum atomic E-state index is 12.3. The summed E-state index contributed by atoms with van der Waals surface area (Å²) in [5.74, 6) is 1.12. The van der Waals surface area contributed by atoms with E-state index in [1.54, 1.807) is 59.7 Å². The van der Waals surface area contributed by atoms with Gasteiger partial charge in [-0.1, -0.05) is 18.2 Å². The molecule has 0 saturated carbocycles. The van der Waals surface area contributed by atoms with Gasteiger partial charge in [0.25, 0.3) is 0 Å². The standard InChI is InChI=1S/C21H16N4O3/c26-21(17-6-4-16(5-7-17)13-25-15-22-14-24-25)28-19-10-8-18(9-11-19)27-20-3-1-2-12-23-20/h1-12,14-15H,13H2. The number of hydrogen-bond donors (Lipinski definition) is 0. The number of nitrogens with zero attached hydrogens (tertiary/aromatic N) is 4. The molecule has 0 bridgehead atoms. The highest BCUT2D eigenvalue weighted by Gasteiger charge is 2.09. The van der Waals surface area contributed by atoms with Crippen LogP contribution in [0.1, 0.15) is 15.9 Å². The van der Waals surface area contributed by atoms with Gasteiger partial charge in [-0.05, 0) is 48.0 Å². The van der Waals surface area contributed by atoms with Gasteiger partial charge in [0.05, 0.1) is 12.1 Å². The fraction of sp³-hybridized carbons (Fsp3) is 0.0476. The van der Waals surface area contributed by atoms with Gasteiger partial charge in [0.2, 0.25) is 5.88 Å². The van der Waals surface area contributed by atoms with Crippen LogP contribution < -0.4 is 9.47 Å². The van der Waals surface area contributed by atoms with Crippen molar-refractivity contribution in [1.82, 2.24) is 19.7 Å². The molecule has 0 N–H and O–H groups in total. The molecule has 0 spiro atoms. The van der Waals surface area contributed by atoms with E-state index in [1.807, 2.05) is 24.3 Å². The molecule has 0 amide bonds. The van der Waals surface area contributed by atoms with E-state index in [0.29, 0.717) is 29.5 Å². The van der Waals surface area contributed by atoms with Crippen LogP contribution in [0.25, 0.3) is 0 Å². The summed E-state index contributed by atoms with van der Waals surface area (Å²) in [6.45, 7) is 0.590. The van der Waals surface area contributed by atoms with Crippen LogP contribution in [0.2, 0.25) is 0 Å². The lowest BCUT2D eigenvalue weighted by Crippen LogP contribution is -2.08. The Balaban J connectivity index is 1.36. The summed E-state index contributed by atoms with van der Waals surface area (Å²) >= 11 is 0. The Labute approximate surface area is 161 Å². The number of aromatic nitrogens is 4. The summed E-state index contributed by atoms with van der Waals surface area (Å²) in [6, 6.07) is 19.4. The average Bonchev–Trinajstić information content (AvgIpc) is 3.24. The molecule has 2 aromatic heterocycles. The largest absolute Gasteiger partial charge is 0.439 e. The first kappa shape index (κ1) is 17.4. The van der Waals surface area contributed by atoms with Crippen LogP contribution in [0, 0.1) is 0 Å². The first-order valence-corrected chi connectivity index (χ1v) is 8.59. The zero-order valence-electron chi connectivity index (χ0n) is 14.8. The molecule has 0 atom stereocenters. The Morgan fingerprint density at radius 2 is 1.71 bits per heavy atom. The molecule has 7 heteroatoms. The molecule has 0 aliphatic carbocycles. The Kier molecular flexibility index (Phi) is 5.06. The van der Waals surface area contributed by atoms with Crippen LogP contribution in [-0.2, 0) is 6.54 Å². The number of hydrogen-bond acceptors (Lipinski definition) is 6. The van der Waals surface area contributed by atoms with E-state index in [9.17, 15) is 4.79 Å². The minimum atomic E-state index is -0.425. The van der Waals surface area contributed by atoms with Crippen molar-refractivity contribution in [3.63, 3.8) is 0 Å². The second kappa shape index (κ2) is 8.13. The number of carbonyl (C=O) groups is 1. The fourth-order valence-electron chi connectivity index (χ4n) is 2.52. The van der Waals surface area contributed by atoms with Crippen LogP contribution in [-0.4, -0.2) is 25.7 Å². The first-order chi connectivity index (χ1) is 13.8. The molecule has 138 valence electrons. The van der Waals surface area contributed by atoms with E-state index in [-0.39, 0.29) is 0 Å². The molecule has 0 radical (unpaired) electrons.